The second-order valence-electron chi connectivity index (χ2n) is 5.54. The van der Waals surface area contributed by atoms with E-state index < -0.39 is 20.8 Å². The van der Waals surface area contributed by atoms with Gasteiger partial charge in [0.2, 0.25) is 0 Å². The minimum absolute atomic E-state index is 0.153. The number of aldehydes is 1. The van der Waals surface area contributed by atoms with Gasteiger partial charge in [-0.3, -0.25) is 4.79 Å². The van der Waals surface area contributed by atoms with E-state index in [-0.39, 0.29) is 5.56 Å². The molecule has 0 radical (unpaired) electrons. The summed E-state index contributed by atoms with van der Waals surface area (Å²) in [6.45, 7) is 3.43. The van der Waals surface area contributed by atoms with Crippen LogP contribution in [0, 0.1) is 13.8 Å². The zero-order valence-corrected chi connectivity index (χ0v) is 19.7. The summed E-state index contributed by atoms with van der Waals surface area (Å²) in [7, 11) is 0. The van der Waals surface area contributed by atoms with E-state index in [1.54, 1.807) is 32.0 Å². The van der Waals surface area contributed by atoms with Crippen LogP contribution in [0.5, 0.6) is 0 Å². The molecule has 0 atom stereocenters. The zero-order chi connectivity index (χ0) is 22.4. The van der Waals surface area contributed by atoms with E-state index in [4.69, 9.17) is 21.6 Å². The second-order valence-corrected chi connectivity index (χ2v) is 7.44. The van der Waals surface area contributed by atoms with Gasteiger partial charge in [0.1, 0.15) is 11.0 Å². The van der Waals surface area contributed by atoms with Crippen molar-refractivity contribution in [3.05, 3.63) is 56.1 Å². The molecule has 157 valence electrons. The molecule has 30 heavy (non-hydrogen) atoms. The number of hydrogen-bond acceptors (Lipinski definition) is 8. The summed E-state index contributed by atoms with van der Waals surface area (Å²) >= 11 is 5.15. The first-order valence-electron chi connectivity index (χ1n) is 7.92. The van der Waals surface area contributed by atoms with Crippen molar-refractivity contribution in [1.29, 1.82) is 0 Å². The van der Waals surface area contributed by atoms with E-state index in [0.29, 0.717) is 44.0 Å². The van der Waals surface area contributed by atoms with E-state index in [9.17, 15) is 9.59 Å². The third-order valence-electron chi connectivity index (χ3n) is 3.59. The van der Waals surface area contributed by atoms with Crippen molar-refractivity contribution in [3.8, 4) is 0 Å². The first-order chi connectivity index (χ1) is 14.2. The van der Waals surface area contributed by atoms with Crippen LogP contribution in [0.25, 0.3) is 22.2 Å². The fourth-order valence-electron chi connectivity index (χ4n) is 2.45. The molecule has 0 saturated heterocycles. The van der Waals surface area contributed by atoms with Crippen LogP contribution in [0.15, 0.2) is 42.0 Å². The maximum absolute atomic E-state index is 10.8. The number of oxazole rings is 2. The first-order valence-corrected chi connectivity index (χ1v) is 10.5. The number of carbonyl (C=O) groups is 2. The molecule has 9 nitrogen and oxygen atoms in total. The standard InChI is InChI=1S/C9H6BrNO3.C9H6BrNO2.Mn.2O/c1-4-11-7-5(9(12)13)2-3-6(10)8(7)14-4;1-5-11-8-6(4-12)2-3-7(10)9(8)13-5;;;/h2-3H,1H3,(H,12,13);2-4H,1H3;;;. The van der Waals surface area contributed by atoms with Gasteiger partial charge in [-0.15, -0.1) is 0 Å². The van der Waals surface area contributed by atoms with E-state index in [2.05, 4.69) is 41.8 Å². The van der Waals surface area contributed by atoms with E-state index in [1.807, 2.05) is 0 Å². The normalized spacial score (nSPS) is 10.0. The van der Waals surface area contributed by atoms with Crippen LogP contribution in [-0.4, -0.2) is 27.3 Å². The van der Waals surface area contributed by atoms with Crippen LogP contribution in [-0.2, 0) is 22.5 Å². The molecule has 0 aliphatic carbocycles. The number of aromatic carboxylic acids is 1. The summed E-state index contributed by atoms with van der Waals surface area (Å²) in [6, 6.07) is 6.62. The van der Waals surface area contributed by atoms with Gasteiger partial charge in [-0.25, -0.2) is 14.8 Å². The molecule has 0 bridgehead atoms. The number of nitrogens with zero attached hydrogens (tertiary/aromatic N) is 2. The molecule has 2 aromatic heterocycles. The van der Waals surface area contributed by atoms with Gasteiger partial charge in [0.05, 0.1) is 14.5 Å². The van der Waals surface area contributed by atoms with Gasteiger partial charge >= 0.3 is 28.5 Å². The minimum atomic E-state index is -1.44. The molecular weight excluding hydrogens is 571 g/mol. The number of rotatable bonds is 2. The fourth-order valence-corrected chi connectivity index (χ4v) is 3.25. The number of aryl methyl sites for hydroxylation is 2. The van der Waals surface area contributed by atoms with Gasteiger partial charge in [0.25, 0.3) is 0 Å². The predicted molar refractivity (Wildman–Crippen MR) is 107 cm³/mol. The topological polar surface area (TPSA) is 141 Å². The number of benzene rings is 2. The van der Waals surface area contributed by atoms with Crippen molar-refractivity contribution in [1.82, 2.24) is 9.97 Å². The van der Waals surface area contributed by atoms with Crippen LogP contribution in [0.1, 0.15) is 32.5 Å². The Morgan fingerprint density at radius 1 is 0.967 bits per heavy atom. The quantitative estimate of drug-likeness (QED) is 0.253. The van der Waals surface area contributed by atoms with Crippen molar-refractivity contribution >= 4 is 66.3 Å². The molecule has 0 fully saturated rings. The summed E-state index contributed by atoms with van der Waals surface area (Å²) in [5.41, 5.74) is 2.80. The van der Waals surface area contributed by atoms with Crippen molar-refractivity contribution in [2.24, 2.45) is 0 Å². The van der Waals surface area contributed by atoms with Gasteiger partial charge < -0.3 is 13.9 Å². The Kier molecular flexibility index (Phi) is 8.42. The molecule has 0 spiro atoms. The molecule has 0 aliphatic heterocycles. The molecular formula is C18H12Br2MnN2O7. The number of carbonyl (C=O) groups excluding carboxylic acids is 1. The van der Waals surface area contributed by atoms with Crippen molar-refractivity contribution in [3.63, 3.8) is 0 Å². The molecule has 1 N–H and O–H groups in total. The molecule has 2 aromatic carbocycles. The van der Waals surface area contributed by atoms with Crippen LogP contribution < -0.4 is 0 Å². The third kappa shape index (κ3) is 5.39. The fraction of sp³-hybridized carbons (Fsp3) is 0.111. The molecule has 12 heteroatoms. The number of carboxylic acid groups (broad SMARTS) is 1. The Balaban J connectivity index is 0.000000190. The van der Waals surface area contributed by atoms with E-state index >= 15 is 0 Å². The SMILES string of the molecule is Cc1nc2c(C(=O)O)ccc(Br)c2o1.Cc1nc2c(C=O)ccc(Br)c2o1.[O]=[Mn]=[O]. The molecule has 0 amide bonds. The van der Waals surface area contributed by atoms with Gasteiger partial charge in [-0.2, -0.15) is 0 Å². The summed E-state index contributed by atoms with van der Waals surface area (Å²) < 4.78 is 28.9. The van der Waals surface area contributed by atoms with Crippen LogP contribution in [0.2, 0.25) is 0 Å². The average molecular weight is 583 g/mol. The van der Waals surface area contributed by atoms with Crippen molar-refractivity contribution in [2.45, 2.75) is 13.8 Å². The maximum atomic E-state index is 10.8. The van der Waals surface area contributed by atoms with Crippen LogP contribution in [0.4, 0.5) is 0 Å². The third-order valence-corrected chi connectivity index (χ3v) is 4.84. The van der Waals surface area contributed by atoms with Gasteiger partial charge in [-0.05, 0) is 56.1 Å². The molecule has 0 unspecified atom stereocenters. The van der Waals surface area contributed by atoms with Gasteiger partial charge in [0, 0.05) is 19.4 Å². The Morgan fingerprint density at radius 3 is 1.93 bits per heavy atom. The summed E-state index contributed by atoms with van der Waals surface area (Å²) in [4.78, 5) is 29.6. The Bertz CT molecular complexity index is 1280. The Labute approximate surface area is 191 Å². The summed E-state index contributed by atoms with van der Waals surface area (Å²) in [6.07, 6.45) is 0.775. The number of aromatic nitrogens is 2. The van der Waals surface area contributed by atoms with Gasteiger partial charge in [-0.1, -0.05) is 0 Å². The number of carboxylic acids is 1. The monoisotopic (exact) mass is 581 g/mol. The Morgan fingerprint density at radius 2 is 1.43 bits per heavy atom. The molecule has 0 saturated carbocycles. The van der Waals surface area contributed by atoms with Gasteiger partial charge in [0.15, 0.2) is 29.2 Å². The summed E-state index contributed by atoms with van der Waals surface area (Å²) in [5.74, 6) is 0.00944. The van der Waals surface area contributed by atoms with Crippen LogP contribution in [0.3, 0.4) is 0 Å². The van der Waals surface area contributed by atoms with E-state index in [0.717, 1.165) is 10.8 Å². The average Bonchev–Trinajstić information content (AvgIpc) is 3.27. The second kappa shape index (κ2) is 10.6. The molecule has 4 rings (SSSR count). The van der Waals surface area contributed by atoms with Crippen LogP contribution >= 0.6 is 31.9 Å². The molecule has 2 heterocycles. The zero-order valence-electron chi connectivity index (χ0n) is 15.3. The predicted octanol–water partition coefficient (Wildman–Crippen LogP) is 5.07. The number of hydrogen-bond donors (Lipinski definition) is 1. The van der Waals surface area contributed by atoms with E-state index in [1.165, 1.54) is 6.07 Å². The molecule has 4 aromatic rings. The van der Waals surface area contributed by atoms with Crippen molar-refractivity contribution in [2.75, 3.05) is 0 Å². The number of fused-ring (bicyclic) bond motifs is 2. The van der Waals surface area contributed by atoms with Crippen molar-refractivity contribution < 1.29 is 46.0 Å². The first kappa shape index (κ1) is 23.9. The summed E-state index contributed by atoms with van der Waals surface area (Å²) in [5, 5.41) is 8.89. The Hall–Kier alpha value is -2.40. The number of halogens is 2. The molecule has 0 aliphatic rings.